The van der Waals surface area contributed by atoms with Crippen LogP contribution in [-0.4, -0.2) is 33.9 Å². The maximum Gasteiger partial charge on any atom is 0.261 e. The number of aromatic nitrogens is 2. The van der Waals surface area contributed by atoms with E-state index in [1.54, 1.807) is 0 Å². The lowest BCUT2D eigenvalue weighted by Gasteiger charge is -2.22. The van der Waals surface area contributed by atoms with E-state index in [-0.39, 0.29) is 5.91 Å². The Hall–Kier alpha value is -3.09. The average molecular weight is 403 g/mol. The monoisotopic (exact) mass is 402 g/mol. The van der Waals surface area contributed by atoms with Gasteiger partial charge in [0.1, 0.15) is 0 Å². The molecule has 4 rings (SSSR count). The zero-order valence-corrected chi connectivity index (χ0v) is 16.8. The van der Waals surface area contributed by atoms with E-state index in [0.717, 1.165) is 41.1 Å². The molecule has 3 heterocycles. The minimum Gasteiger partial charge on any atom is -0.350 e. The predicted octanol–water partition coefficient (Wildman–Crippen LogP) is 4.12. The lowest BCUT2D eigenvalue weighted by molar-refractivity contribution is 0.0951. The summed E-state index contributed by atoms with van der Waals surface area (Å²) in [5.74, 6) is -0.0189. The van der Waals surface area contributed by atoms with Crippen molar-refractivity contribution in [1.82, 2.24) is 20.2 Å². The fraction of sp³-hybridized carbons (Fsp3) is 0.174. The zero-order valence-electron chi connectivity index (χ0n) is 16.0. The molecule has 0 saturated carbocycles. The number of hydrogen-bond acceptors (Lipinski definition) is 5. The van der Waals surface area contributed by atoms with Gasteiger partial charge in [-0.1, -0.05) is 24.3 Å². The molecule has 0 atom stereocenters. The van der Waals surface area contributed by atoms with Crippen molar-refractivity contribution in [3.05, 3.63) is 94.6 Å². The number of hydrogen-bond donors (Lipinski definition) is 1. The molecule has 5 nitrogen and oxygen atoms in total. The van der Waals surface area contributed by atoms with E-state index >= 15 is 0 Å². The minimum atomic E-state index is -0.0189. The van der Waals surface area contributed by atoms with E-state index in [1.807, 2.05) is 54.2 Å². The number of thiophene rings is 1. The molecule has 0 aliphatic carbocycles. The van der Waals surface area contributed by atoms with Crippen LogP contribution in [0.3, 0.4) is 0 Å². The first-order valence-corrected chi connectivity index (χ1v) is 10.4. The molecule has 29 heavy (non-hydrogen) atoms. The van der Waals surface area contributed by atoms with Gasteiger partial charge in [-0.05, 0) is 47.3 Å². The third-order valence-corrected chi connectivity index (χ3v) is 5.51. The molecule has 0 saturated heterocycles. The normalized spacial score (nSPS) is 11.1. The highest BCUT2D eigenvalue weighted by Crippen LogP contribution is 2.16. The van der Waals surface area contributed by atoms with Gasteiger partial charge in [0.25, 0.3) is 5.91 Å². The molecule has 3 aromatic heterocycles. The van der Waals surface area contributed by atoms with Crippen molar-refractivity contribution >= 4 is 28.1 Å². The van der Waals surface area contributed by atoms with Crippen LogP contribution in [0.15, 0.2) is 78.4 Å². The van der Waals surface area contributed by atoms with Crippen LogP contribution < -0.4 is 5.32 Å². The summed E-state index contributed by atoms with van der Waals surface area (Å²) in [6, 6.07) is 20.1. The SMILES string of the molecule is O=C(NCCN(Cc1ccc2ncccc2c1)Cc1ccccn1)c1cccs1. The molecule has 6 heteroatoms. The van der Waals surface area contributed by atoms with Gasteiger partial charge in [-0.15, -0.1) is 11.3 Å². The van der Waals surface area contributed by atoms with Crippen LogP contribution in [0.2, 0.25) is 0 Å². The molecule has 0 spiro atoms. The van der Waals surface area contributed by atoms with Crippen molar-refractivity contribution in [3.63, 3.8) is 0 Å². The molecule has 0 radical (unpaired) electrons. The van der Waals surface area contributed by atoms with Crippen LogP contribution in [0.25, 0.3) is 10.9 Å². The van der Waals surface area contributed by atoms with Gasteiger partial charge >= 0.3 is 0 Å². The molecule has 146 valence electrons. The average Bonchev–Trinajstić information content (AvgIpc) is 3.29. The predicted molar refractivity (Wildman–Crippen MR) is 117 cm³/mol. The Kier molecular flexibility index (Phi) is 6.24. The number of carbonyl (C=O) groups excluding carboxylic acids is 1. The molecule has 0 unspecified atom stereocenters. The van der Waals surface area contributed by atoms with Gasteiger partial charge in [-0.25, -0.2) is 0 Å². The van der Waals surface area contributed by atoms with Gasteiger partial charge in [0.05, 0.1) is 16.1 Å². The van der Waals surface area contributed by atoms with Crippen molar-refractivity contribution < 1.29 is 4.79 Å². The summed E-state index contributed by atoms with van der Waals surface area (Å²) in [7, 11) is 0. The van der Waals surface area contributed by atoms with E-state index in [2.05, 4.69) is 44.5 Å². The Morgan fingerprint density at radius 2 is 1.90 bits per heavy atom. The van der Waals surface area contributed by atoms with Crippen LogP contribution in [0, 0.1) is 0 Å². The Morgan fingerprint density at radius 3 is 2.72 bits per heavy atom. The molecular weight excluding hydrogens is 380 g/mol. The summed E-state index contributed by atoms with van der Waals surface area (Å²) < 4.78 is 0. The quantitative estimate of drug-likeness (QED) is 0.482. The maximum absolute atomic E-state index is 12.2. The highest BCUT2D eigenvalue weighted by atomic mass is 32.1. The van der Waals surface area contributed by atoms with Crippen LogP contribution >= 0.6 is 11.3 Å². The second kappa shape index (κ2) is 9.41. The Bertz CT molecular complexity index is 1070. The highest BCUT2D eigenvalue weighted by Gasteiger charge is 2.11. The van der Waals surface area contributed by atoms with Gasteiger partial charge in [-0.2, -0.15) is 0 Å². The zero-order chi connectivity index (χ0) is 19.9. The Balaban J connectivity index is 1.44. The molecule has 0 aliphatic rings. The minimum absolute atomic E-state index is 0.0189. The molecule has 0 aliphatic heterocycles. The molecule has 0 fully saturated rings. The summed E-state index contributed by atoms with van der Waals surface area (Å²) >= 11 is 1.45. The van der Waals surface area contributed by atoms with E-state index in [9.17, 15) is 4.79 Å². The topological polar surface area (TPSA) is 58.1 Å². The van der Waals surface area contributed by atoms with Crippen LogP contribution in [0.4, 0.5) is 0 Å². The third kappa shape index (κ3) is 5.25. The second-order valence-electron chi connectivity index (χ2n) is 6.80. The fourth-order valence-electron chi connectivity index (χ4n) is 3.24. The number of fused-ring (bicyclic) bond motifs is 1. The molecule has 1 N–H and O–H groups in total. The largest absolute Gasteiger partial charge is 0.350 e. The van der Waals surface area contributed by atoms with Gasteiger partial charge in [0.2, 0.25) is 0 Å². The van der Waals surface area contributed by atoms with E-state index in [0.29, 0.717) is 6.54 Å². The third-order valence-electron chi connectivity index (χ3n) is 4.64. The van der Waals surface area contributed by atoms with Crippen molar-refractivity contribution in [3.8, 4) is 0 Å². The summed E-state index contributed by atoms with van der Waals surface area (Å²) in [6.07, 6.45) is 3.62. The number of pyridine rings is 2. The van der Waals surface area contributed by atoms with Gasteiger partial charge in [0.15, 0.2) is 0 Å². The fourth-order valence-corrected chi connectivity index (χ4v) is 3.88. The number of amides is 1. The van der Waals surface area contributed by atoms with E-state index in [4.69, 9.17) is 0 Å². The Morgan fingerprint density at radius 1 is 0.966 bits per heavy atom. The van der Waals surface area contributed by atoms with Crippen molar-refractivity contribution in [2.75, 3.05) is 13.1 Å². The summed E-state index contributed by atoms with van der Waals surface area (Å²) in [5, 5.41) is 6.06. The molecule has 1 aromatic carbocycles. The van der Waals surface area contributed by atoms with Gasteiger partial charge in [-0.3, -0.25) is 19.7 Å². The first-order chi connectivity index (χ1) is 14.3. The summed E-state index contributed by atoms with van der Waals surface area (Å²) in [4.78, 5) is 24.1. The lowest BCUT2D eigenvalue weighted by atomic mass is 10.1. The van der Waals surface area contributed by atoms with Crippen LogP contribution in [0.5, 0.6) is 0 Å². The maximum atomic E-state index is 12.2. The summed E-state index contributed by atoms with van der Waals surface area (Å²) in [5.41, 5.74) is 3.22. The van der Waals surface area contributed by atoms with E-state index < -0.39 is 0 Å². The number of nitrogens with one attached hydrogen (secondary N) is 1. The van der Waals surface area contributed by atoms with E-state index in [1.165, 1.54) is 16.9 Å². The van der Waals surface area contributed by atoms with Gasteiger partial charge in [0, 0.05) is 44.0 Å². The first-order valence-electron chi connectivity index (χ1n) is 9.55. The molecular formula is C23H22N4OS. The summed E-state index contributed by atoms with van der Waals surface area (Å²) in [6.45, 7) is 2.81. The van der Waals surface area contributed by atoms with Crippen molar-refractivity contribution in [1.29, 1.82) is 0 Å². The van der Waals surface area contributed by atoms with Crippen molar-refractivity contribution in [2.45, 2.75) is 13.1 Å². The Labute approximate surface area is 174 Å². The molecule has 0 bridgehead atoms. The van der Waals surface area contributed by atoms with Gasteiger partial charge < -0.3 is 5.32 Å². The number of benzene rings is 1. The number of rotatable bonds is 8. The van der Waals surface area contributed by atoms with Crippen LogP contribution in [0.1, 0.15) is 20.9 Å². The number of nitrogens with zero attached hydrogens (tertiary/aromatic N) is 3. The molecule has 4 aromatic rings. The number of carbonyl (C=O) groups is 1. The van der Waals surface area contributed by atoms with Crippen LogP contribution in [-0.2, 0) is 13.1 Å². The first kappa shape index (κ1) is 19.2. The lowest BCUT2D eigenvalue weighted by Crippen LogP contribution is -2.34. The molecule has 1 amide bonds. The highest BCUT2D eigenvalue weighted by molar-refractivity contribution is 7.12. The van der Waals surface area contributed by atoms with Crippen molar-refractivity contribution in [2.24, 2.45) is 0 Å². The standard InChI is InChI=1S/C23H22N4OS/c28-23(22-7-4-14-29-22)26-12-13-27(17-20-6-1-2-10-24-20)16-18-8-9-21-19(15-18)5-3-11-25-21/h1-11,14-15H,12-13,16-17H2,(H,26,28). The second-order valence-corrected chi connectivity index (χ2v) is 7.74. The smallest absolute Gasteiger partial charge is 0.261 e.